The molecule has 4 rings (SSSR count). The first kappa shape index (κ1) is 27.2. The second kappa shape index (κ2) is 11.3. The maximum absolute atomic E-state index is 13.3. The lowest BCUT2D eigenvalue weighted by atomic mass is 10.1. The predicted molar refractivity (Wildman–Crippen MR) is 149 cm³/mol. The summed E-state index contributed by atoms with van der Waals surface area (Å²) in [6.45, 7) is 1.94. The molecule has 3 aromatic rings. The molecule has 11 heteroatoms. The van der Waals surface area contributed by atoms with Crippen molar-refractivity contribution in [3.05, 3.63) is 89.8 Å². The minimum atomic E-state index is -0.815. The van der Waals surface area contributed by atoms with E-state index in [1.807, 2.05) is 0 Å². The number of hydrogen-bond acceptors (Lipinski definition) is 5. The second-order valence-electron chi connectivity index (χ2n) is 7.91. The number of anilines is 1. The number of nitrogens with one attached hydrogen (secondary N) is 1. The Bertz CT molecular complexity index is 1480. The zero-order chi connectivity index (χ0) is 26.9. The van der Waals surface area contributed by atoms with Gasteiger partial charge in [-0.15, -0.1) is 0 Å². The number of barbiturate groups is 1. The molecule has 1 aliphatic heterocycles. The monoisotopic (exact) mass is 666 g/mol. The maximum Gasteiger partial charge on any atom is 0.335 e. The number of hydrogen-bond donors (Lipinski definition) is 1. The van der Waals surface area contributed by atoms with Crippen LogP contribution in [0.2, 0.25) is 10.0 Å². The lowest BCUT2D eigenvalue weighted by Gasteiger charge is -2.27. The molecule has 0 radical (unpaired) electrons. The molecule has 1 fully saturated rings. The van der Waals surface area contributed by atoms with Crippen LogP contribution in [-0.2, 0) is 16.2 Å². The van der Waals surface area contributed by atoms with E-state index in [2.05, 4.69) is 37.2 Å². The molecule has 4 amide bonds. The number of halogens is 4. The summed E-state index contributed by atoms with van der Waals surface area (Å²) in [4.78, 5) is 39.4. The molecule has 0 aromatic heterocycles. The number of ether oxygens (including phenoxy) is 2. The lowest BCUT2D eigenvalue weighted by Crippen LogP contribution is -2.54. The number of aryl methyl sites for hydroxylation is 1. The van der Waals surface area contributed by atoms with Crippen molar-refractivity contribution in [1.29, 1.82) is 0 Å². The van der Waals surface area contributed by atoms with Crippen LogP contribution in [0.15, 0.2) is 63.0 Å². The van der Waals surface area contributed by atoms with Crippen molar-refractivity contribution in [3.8, 4) is 11.5 Å². The first-order chi connectivity index (χ1) is 17.6. The molecular formula is C26H18Br2Cl2N2O5. The number of rotatable bonds is 6. The van der Waals surface area contributed by atoms with Gasteiger partial charge in [-0.05, 0) is 85.8 Å². The highest BCUT2D eigenvalue weighted by atomic mass is 79.9. The van der Waals surface area contributed by atoms with Gasteiger partial charge in [0.25, 0.3) is 11.8 Å². The molecule has 190 valence electrons. The summed E-state index contributed by atoms with van der Waals surface area (Å²) in [6.07, 6.45) is 1.38. The van der Waals surface area contributed by atoms with Crippen molar-refractivity contribution in [3.63, 3.8) is 0 Å². The van der Waals surface area contributed by atoms with E-state index in [1.165, 1.54) is 13.2 Å². The van der Waals surface area contributed by atoms with Gasteiger partial charge in [-0.3, -0.25) is 14.9 Å². The average Bonchev–Trinajstić information content (AvgIpc) is 2.86. The molecule has 1 saturated heterocycles. The zero-order valence-corrected chi connectivity index (χ0v) is 24.1. The summed E-state index contributed by atoms with van der Waals surface area (Å²) in [7, 11) is 1.47. The summed E-state index contributed by atoms with van der Waals surface area (Å²) in [5, 5.41) is 3.08. The summed E-state index contributed by atoms with van der Waals surface area (Å²) >= 11 is 19.1. The van der Waals surface area contributed by atoms with Crippen molar-refractivity contribution < 1.29 is 23.9 Å². The van der Waals surface area contributed by atoms with Gasteiger partial charge in [-0.1, -0.05) is 47.5 Å². The fourth-order valence-corrected chi connectivity index (χ4v) is 4.90. The number of imide groups is 2. The molecule has 3 aromatic carbocycles. The summed E-state index contributed by atoms with van der Waals surface area (Å²) in [5.74, 6) is -0.817. The Kier molecular flexibility index (Phi) is 8.28. The van der Waals surface area contributed by atoms with Crippen LogP contribution in [0.5, 0.6) is 11.5 Å². The van der Waals surface area contributed by atoms with Gasteiger partial charge in [0, 0.05) is 4.47 Å². The largest absolute Gasteiger partial charge is 0.493 e. The molecule has 1 N–H and O–H groups in total. The van der Waals surface area contributed by atoms with Crippen molar-refractivity contribution in [2.24, 2.45) is 0 Å². The maximum atomic E-state index is 13.3. The number of benzene rings is 3. The number of urea groups is 1. The van der Waals surface area contributed by atoms with Crippen LogP contribution in [0, 0.1) is 6.92 Å². The van der Waals surface area contributed by atoms with E-state index in [1.54, 1.807) is 55.5 Å². The third kappa shape index (κ3) is 5.55. The highest BCUT2D eigenvalue weighted by molar-refractivity contribution is 9.13. The predicted octanol–water partition coefficient (Wildman–Crippen LogP) is 7.08. The Morgan fingerprint density at radius 2 is 1.73 bits per heavy atom. The smallest absolute Gasteiger partial charge is 0.335 e. The van der Waals surface area contributed by atoms with E-state index < -0.39 is 17.8 Å². The zero-order valence-electron chi connectivity index (χ0n) is 19.4. The van der Waals surface area contributed by atoms with Gasteiger partial charge in [0.15, 0.2) is 11.5 Å². The quantitative estimate of drug-likeness (QED) is 0.224. The van der Waals surface area contributed by atoms with Gasteiger partial charge in [-0.2, -0.15) is 0 Å². The number of amides is 4. The topological polar surface area (TPSA) is 84.9 Å². The fourth-order valence-electron chi connectivity index (χ4n) is 3.63. The third-order valence-electron chi connectivity index (χ3n) is 5.50. The number of para-hydroxylation sites is 1. The number of methoxy groups -OCH3 is 1. The number of carbonyl (C=O) groups excluding carboxylic acids is 3. The Morgan fingerprint density at radius 1 is 1.00 bits per heavy atom. The molecule has 7 nitrogen and oxygen atoms in total. The van der Waals surface area contributed by atoms with Crippen LogP contribution in [0.25, 0.3) is 6.08 Å². The Balaban J connectivity index is 1.70. The molecule has 1 heterocycles. The van der Waals surface area contributed by atoms with Gasteiger partial charge >= 0.3 is 6.03 Å². The van der Waals surface area contributed by atoms with E-state index in [0.717, 1.165) is 10.5 Å². The summed E-state index contributed by atoms with van der Waals surface area (Å²) in [6, 6.07) is 12.9. The Morgan fingerprint density at radius 3 is 2.41 bits per heavy atom. The van der Waals surface area contributed by atoms with E-state index in [9.17, 15) is 14.4 Å². The Labute approximate surface area is 239 Å². The first-order valence-electron chi connectivity index (χ1n) is 10.7. The van der Waals surface area contributed by atoms with Gasteiger partial charge in [0.05, 0.1) is 27.3 Å². The highest BCUT2D eigenvalue weighted by Crippen LogP contribution is 2.44. The van der Waals surface area contributed by atoms with Gasteiger partial charge in [0.2, 0.25) is 0 Å². The van der Waals surface area contributed by atoms with E-state index in [4.69, 9.17) is 32.7 Å². The van der Waals surface area contributed by atoms with E-state index in [-0.39, 0.29) is 12.2 Å². The average molecular weight is 669 g/mol. The molecule has 1 aliphatic rings. The summed E-state index contributed by atoms with van der Waals surface area (Å²) in [5.41, 5.74) is 2.10. The van der Waals surface area contributed by atoms with E-state index in [0.29, 0.717) is 47.3 Å². The van der Waals surface area contributed by atoms with E-state index >= 15 is 0 Å². The minimum Gasteiger partial charge on any atom is -0.493 e. The molecule has 0 aliphatic carbocycles. The van der Waals surface area contributed by atoms with Crippen molar-refractivity contribution in [1.82, 2.24) is 5.32 Å². The van der Waals surface area contributed by atoms with Crippen LogP contribution in [-0.4, -0.2) is 25.0 Å². The standard InChI is InChI=1S/C26H18Br2Cl2N2O5/c1-13-5-3-4-6-19(13)32-25(34)16(24(33)31-26(32)35)10-15-11-20(36-2)23(22(28)21(15)27)37-12-14-7-8-17(29)18(30)9-14/h3-11H,12H2,1-2H3,(H,31,33,35)/b16-10+. The molecule has 0 spiro atoms. The SMILES string of the molecule is COc1cc(/C=C2\C(=O)NC(=O)N(c3ccccc3C)C2=O)c(Br)c(Br)c1OCc1ccc(Cl)c(Cl)c1. The Hall–Kier alpha value is -2.85. The third-order valence-corrected chi connectivity index (χ3v) is 8.38. The molecule has 0 unspecified atom stereocenters. The molecule has 37 heavy (non-hydrogen) atoms. The van der Waals surface area contributed by atoms with Gasteiger partial charge < -0.3 is 9.47 Å². The van der Waals surface area contributed by atoms with Gasteiger partial charge in [-0.25, -0.2) is 9.69 Å². The van der Waals surface area contributed by atoms with Crippen LogP contribution >= 0.6 is 55.1 Å². The van der Waals surface area contributed by atoms with Crippen LogP contribution in [0.1, 0.15) is 16.7 Å². The van der Waals surface area contributed by atoms with Crippen LogP contribution < -0.4 is 19.7 Å². The molecular weight excluding hydrogens is 651 g/mol. The minimum absolute atomic E-state index is 0.174. The molecule has 0 saturated carbocycles. The number of nitrogens with zero attached hydrogens (tertiary/aromatic N) is 1. The normalized spacial score (nSPS) is 14.7. The lowest BCUT2D eigenvalue weighted by molar-refractivity contribution is -0.122. The van der Waals surface area contributed by atoms with Crippen LogP contribution in [0.3, 0.4) is 0 Å². The van der Waals surface area contributed by atoms with Crippen molar-refractivity contribution in [2.75, 3.05) is 12.0 Å². The van der Waals surface area contributed by atoms with Gasteiger partial charge in [0.1, 0.15) is 12.2 Å². The first-order valence-corrected chi connectivity index (χ1v) is 13.1. The second-order valence-corrected chi connectivity index (χ2v) is 10.3. The molecule has 0 bridgehead atoms. The van der Waals surface area contributed by atoms with Crippen LogP contribution in [0.4, 0.5) is 10.5 Å². The molecule has 0 atom stereocenters. The number of carbonyl (C=O) groups is 3. The summed E-state index contributed by atoms with van der Waals surface area (Å²) < 4.78 is 12.5. The van der Waals surface area contributed by atoms with Crippen molar-refractivity contribution in [2.45, 2.75) is 13.5 Å². The fraction of sp³-hybridized carbons (Fsp3) is 0.115. The highest BCUT2D eigenvalue weighted by Gasteiger charge is 2.37. The van der Waals surface area contributed by atoms with Crippen molar-refractivity contribution >= 4 is 84.7 Å².